The zero-order chi connectivity index (χ0) is 38.6. The number of likely N-dealkylation sites (N-methyl/N-ethyl adjacent to an activating group) is 1. The fraction of sp³-hybridized carbons (Fsp3) is 0.225. The number of hydrogen-bond acceptors (Lipinski definition) is 9. The van der Waals surface area contributed by atoms with Crippen molar-refractivity contribution in [1.82, 2.24) is 20.8 Å². The van der Waals surface area contributed by atoms with Crippen LogP contribution in [0.1, 0.15) is 45.1 Å². The van der Waals surface area contributed by atoms with Crippen molar-refractivity contribution in [1.29, 1.82) is 0 Å². The van der Waals surface area contributed by atoms with Crippen molar-refractivity contribution < 1.29 is 28.7 Å². The quantitative estimate of drug-likeness (QED) is 0.118. The number of nitrogens with one attached hydrogen (secondary N) is 4. The molecule has 1 heterocycles. The summed E-state index contributed by atoms with van der Waals surface area (Å²) >= 11 is 0. The number of aromatic amines is 1. The van der Waals surface area contributed by atoms with Crippen LogP contribution in [0.25, 0.3) is 0 Å². The molecular formula is C40H50N6O6. The monoisotopic (exact) mass is 710 g/mol. The predicted octanol–water partition coefficient (Wildman–Crippen LogP) is 6.14. The lowest BCUT2D eigenvalue weighted by molar-refractivity contribution is -0.107. The highest BCUT2D eigenvalue weighted by Crippen LogP contribution is 2.17. The number of benzene rings is 4. The van der Waals surface area contributed by atoms with Crippen LogP contribution >= 0.6 is 0 Å². The number of aryl methyl sites for hydroxylation is 1. The Morgan fingerprint density at radius 3 is 1.75 bits per heavy atom. The molecule has 1 aromatic heterocycles. The van der Waals surface area contributed by atoms with Crippen LogP contribution in [0.5, 0.6) is 11.5 Å². The molecule has 4 N–H and O–H groups in total. The van der Waals surface area contributed by atoms with E-state index < -0.39 is 0 Å². The van der Waals surface area contributed by atoms with Gasteiger partial charge in [0.1, 0.15) is 17.8 Å². The highest BCUT2D eigenvalue weighted by molar-refractivity contribution is 5.93. The summed E-state index contributed by atoms with van der Waals surface area (Å²) in [6.07, 6.45) is 2.08. The molecule has 5 rings (SSSR count). The number of H-pyrrole nitrogens is 1. The Kier molecular flexibility index (Phi) is 22.4. The van der Waals surface area contributed by atoms with Gasteiger partial charge in [-0.05, 0) is 81.1 Å². The number of anilines is 2. The third-order valence-corrected chi connectivity index (χ3v) is 6.74. The van der Waals surface area contributed by atoms with E-state index in [-0.39, 0.29) is 23.3 Å². The summed E-state index contributed by atoms with van der Waals surface area (Å²) in [6.45, 7) is 4.43. The summed E-state index contributed by atoms with van der Waals surface area (Å²) in [7, 11) is 9.03. The first-order valence-corrected chi connectivity index (χ1v) is 16.2. The lowest BCUT2D eigenvalue weighted by Crippen LogP contribution is -2.26. The maximum atomic E-state index is 11.8. The van der Waals surface area contributed by atoms with Gasteiger partial charge in [-0.25, -0.2) is 0 Å². The molecule has 0 bridgehead atoms. The van der Waals surface area contributed by atoms with Gasteiger partial charge in [-0.1, -0.05) is 66.2 Å². The van der Waals surface area contributed by atoms with Crippen LogP contribution < -0.4 is 30.3 Å². The molecular weight excluding hydrogens is 660 g/mol. The molecule has 0 saturated heterocycles. The molecule has 5 aromatic rings. The van der Waals surface area contributed by atoms with Crippen LogP contribution in [0, 0.1) is 6.92 Å². The average Bonchev–Trinajstić information content (AvgIpc) is 3.67. The number of amides is 2. The van der Waals surface area contributed by atoms with Crippen molar-refractivity contribution in [3.8, 4) is 11.5 Å². The summed E-state index contributed by atoms with van der Waals surface area (Å²) in [5, 5.41) is 14.2. The average molecular weight is 711 g/mol. The maximum Gasteiger partial charge on any atom is 0.272 e. The van der Waals surface area contributed by atoms with Gasteiger partial charge in [0.25, 0.3) is 5.91 Å². The van der Waals surface area contributed by atoms with E-state index in [1.807, 2.05) is 93.8 Å². The fourth-order valence-corrected chi connectivity index (χ4v) is 3.86. The Morgan fingerprint density at radius 1 is 0.827 bits per heavy atom. The Morgan fingerprint density at radius 2 is 1.37 bits per heavy atom. The van der Waals surface area contributed by atoms with Gasteiger partial charge in [0.2, 0.25) is 6.41 Å². The number of aldehydes is 2. The molecule has 12 nitrogen and oxygen atoms in total. The Bertz CT molecular complexity index is 1680. The molecule has 0 fully saturated rings. The zero-order valence-corrected chi connectivity index (χ0v) is 30.8. The van der Waals surface area contributed by atoms with E-state index in [1.165, 1.54) is 17.3 Å². The van der Waals surface area contributed by atoms with Gasteiger partial charge in [-0.2, -0.15) is 5.10 Å². The van der Waals surface area contributed by atoms with Crippen molar-refractivity contribution in [2.45, 2.75) is 19.9 Å². The third-order valence-electron chi connectivity index (χ3n) is 6.74. The molecule has 276 valence electrons. The summed E-state index contributed by atoms with van der Waals surface area (Å²) in [6, 6.07) is 36.3. The van der Waals surface area contributed by atoms with E-state index in [0.717, 1.165) is 29.0 Å². The molecule has 0 aliphatic rings. The van der Waals surface area contributed by atoms with E-state index >= 15 is 0 Å². The topological polar surface area (TPSA) is 155 Å². The number of aromatic nitrogens is 2. The Hall–Kier alpha value is -6.27. The maximum absolute atomic E-state index is 11.8. The second kappa shape index (κ2) is 26.6. The third kappa shape index (κ3) is 18.5. The molecule has 0 radical (unpaired) electrons. The van der Waals surface area contributed by atoms with Gasteiger partial charge in [-0.3, -0.25) is 19.5 Å². The number of carbonyl (C=O) groups excluding carboxylic acids is 4. The minimum absolute atomic E-state index is 0.116. The summed E-state index contributed by atoms with van der Waals surface area (Å²) in [5.41, 5.74) is 4.78. The predicted molar refractivity (Wildman–Crippen MR) is 207 cm³/mol. The van der Waals surface area contributed by atoms with Gasteiger partial charge >= 0.3 is 0 Å². The van der Waals surface area contributed by atoms with Gasteiger partial charge in [0.05, 0.1) is 32.5 Å². The SMILES string of the molecule is CC(NC(=O)c1cc(C=O)[nH]n1)c1ccccc1.CNCC=O.COc1ccc(N(C)C)cc1.COc1ccc(NC=O)cc1.Cc1ccccc1. The van der Waals surface area contributed by atoms with Crippen LogP contribution in [-0.2, 0) is 9.59 Å². The van der Waals surface area contributed by atoms with E-state index in [4.69, 9.17) is 9.47 Å². The largest absolute Gasteiger partial charge is 0.497 e. The molecule has 1 unspecified atom stereocenters. The highest BCUT2D eigenvalue weighted by Gasteiger charge is 2.14. The summed E-state index contributed by atoms with van der Waals surface area (Å²) in [5.74, 6) is 1.37. The van der Waals surface area contributed by atoms with Crippen molar-refractivity contribution in [2.75, 3.05) is 52.1 Å². The van der Waals surface area contributed by atoms with Gasteiger partial charge in [-0.15, -0.1) is 0 Å². The number of hydrogen-bond donors (Lipinski definition) is 4. The first-order chi connectivity index (χ1) is 25.1. The number of ether oxygens (including phenoxy) is 2. The second-order valence-electron chi connectivity index (χ2n) is 10.9. The van der Waals surface area contributed by atoms with Gasteiger partial charge in [0.15, 0.2) is 12.0 Å². The van der Waals surface area contributed by atoms with Crippen molar-refractivity contribution >= 4 is 36.3 Å². The Balaban J connectivity index is 0.000000347. The van der Waals surface area contributed by atoms with E-state index in [1.54, 1.807) is 45.5 Å². The summed E-state index contributed by atoms with van der Waals surface area (Å²) < 4.78 is 9.96. The van der Waals surface area contributed by atoms with Crippen molar-refractivity contribution in [3.05, 3.63) is 138 Å². The van der Waals surface area contributed by atoms with Gasteiger partial charge in [0, 0.05) is 25.5 Å². The highest BCUT2D eigenvalue weighted by atomic mass is 16.5. The van der Waals surface area contributed by atoms with Crippen molar-refractivity contribution in [2.24, 2.45) is 0 Å². The minimum atomic E-state index is -0.310. The first-order valence-electron chi connectivity index (χ1n) is 16.2. The minimum Gasteiger partial charge on any atom is -0.497 e. The lowest BCUT2D eigenvalue weighted by atomic mass is 10.1. The number of carbonyl (C=O) groups is 4. The van der Waals surface area contributed by atoms with E-state index in [9.17, 15) is 19.2 Å². The number of nitrogens with zero attached hydrogens (tertiary/aromatic N) is 2. The molecule has 52 heavy (non-hydrogen) atoms. The van der Waals surface area contributed by atoms with E-state index in [2.05, 4.69) is 50.1 Å². The van der Waals surface area contributed by atoms with Crippen molar-refractivity contribution in [3.63, 3.8) is 0 Å². The summed E-state index contributed by atoms with van der Waals surface area (Å²) in [4.78, 5) is 43.7. The Labute approximate surface area is 306 Å². The molecule has 0 saturated carbocycles. The van der Waals surface area contributed by atoms with E-state index in [0.29, 0.717) is 19.2 Å². The fourth-order valence-electron chi connectivity index (χ4n) is 3.86. The smallest absolute Gasteiger partial charge is 0.272 e. The molecule has 0 spiro atoms. The molecule has 0 aliphatic carbocycles. The van der Waals surface area contributed by atoms with Crippen LogP contribution in [0.3, 0.4) is 0 Å². The molecule has 4 aromatic carbocycles. The lowest BCUT2D eigenvalue weighted by Gasteiger charge is -2.12. The molecule has 2 amide bonds. The first kappa shape index (κ1) is 43.8. The molecule has 0 aliphatic heterocycles. The molecule has 1 atom stereocenters. The standard InChI is InChI=1S/C13H13N3O2.C9H13NO.C8H9NO2.C7H8.C3H7NO/c1-9(10-5-3-2-4-6-10)14-13(18)12-7-11(8-17)15-16-12;1-10(2)8-4-6-9(11-3)7-5-8;1-11-8-4-2-7(3-5-8)9-6-10;1-7-5-3-2-4-6-7;1-4-2-3-5/h2-9H,1H3,(H,14,18)(H,15,16);4-7H,1-3H3;2-6H,1H3,(H,9,10);2-6H,1H3;3-4H,2H2,1H3. The zero-order valence-electron chi connectivity index (χ0n) is 30.8. The number of rotatable bonds is 11. The molecule has 12 heteroatoms. The van der Waals surface area contributed by atoms with Crippen LogP contribution in [0.2, 0.25) is 0 Å². The van der Waals surface area contributed by atoms with Crippen LogP contribution in [0.15, 0.2) is 115 Å². The number of methoxy groups -OCH3 is 2. The normalized spacial score (nSPS) is 9.83. The van der Waals surface area contributed by atoms with Crippen LogP contribution in [-0.4, -0.2) is 77.0 Å². The van der Waals surface area contributed by atoms with Crippen LogP contribution in [0.4, 0.5) is 11.4 Å². The van der Waals surface area contributed by atoms with Gasteiger partial charge < -0.3 is 35.1 Å². The second-order valence-corrected chi connectivity index (χ2v) is 10.9.